The van der Waals surface area contributed by atoms with Gasteiger partial charge < -0.3 is 29.2 Å². The molecule has 0 saturated carbocycles. The lowest BCUT2D eigenvalue weighted by atomic mass is 9.73. The summed E-state index contributed by atoms with van der Waals surface area (Å²) in [5.41, 5.74) is 0.100. The third kappa shape index (κ3) is 2.88. The molecule has 0 amide bonds. The van der Waals surface area contributed by atoms with Crippen LogP contribution < -0.4 is 14.9 Å². The van der Waals surface area contributed by atoms with Crippen LogP contribution in [0.1, 0.15) is 45.7 Å². The van der Waals surface area contributed by atoms with Gasteiger partial charge in [0, 0.05) is 23.5 Å². The van der Waals surface area contributed by atoms with Crippen molar-refractivity contribution in [3.63, 3.8) is 0 Å². The van der Waals surface area contributed by atoms with Gasteiger partial charge in [0.1, 0.15) is 28.1 Å². The smallest absolute Gasteiger partial charge is 0.204 e. The van der Waals surface area contributed by atoms with E-state index in [1.165, 1.54) is 19.2 Å². The van der Waals surface area contributed by atoms with Crippen LogP contribution in [-0.2, 0) is 11.8 Å². The van der Waals surface area contributed by atoms with Crippen LogP contribution in [0.15, 0.2) is 33.5 Å². The standard InChI is InChI=1S/C25H28O7/c1-11(2)13(26)8-12-9-15(28)21(30-7)23-17(12)20(29)18-14(27)10-16-19(22(18)31-23)24(3,4)25(5,6)32-16/h9-10,13,26-28H,1,8H2,2-7H3/t13-/m0/s1. The summed E-state index contributed by atoms with van der Waals surface area (Å²) in [6.07, 6.45) is -0.893. The number of phenolic OH excluding ortho intramolecular Hbond substituents is 2. The monoisotopic (exact) mass is 440 g/mol. The maximum Gasteiger partial charge on any atom is 0.204 e. The predicted molar refractivity (Wildman–Crippen MR) is 122 cm³/mol. The molecule has 4 rings (SSSR count). The molecule has 1 aliphatic heterocycles. The number of aromatic hydroxyl groups is 2. The predicted octanol–water partition coefficient (Wildman–Crippen LogP) is 4.29. The normalized spacial score (nSPS) is 17.2. The van der Waals surface area contributed by atoms with Gasteiger partial charge in [0.2, 0.25) is 11.2 Å². The van der Waals surface area contributed by atoms with Gasteiger partial charge in [0.15, 0.2) is 11.3 Å². The Morgan fingerprint density at radius 2 is 1.78 bits per heavy atom. The molecule has 2 aromatic carbocycles. The van der Waals surface area contributed by atoms with E-state index >= 15 is 0 Å². The van der Waals surface area contributed by atoms with E-state index in [1.807, 2.05) is 27.7 Å². The van der Waals surface area contributed by atoms with Crippen LogP contribution in [0.3, 0.4) is 0 Å². The molecular weight excluding hydrogens is 412 g/mol. The Morgan fingerprint density at radius 3 is 2.38 bits per heavy atom. The van der Waals surface area contributed by atoms with Crippen LogP contribution in [-0.4, -0.2) is 34.1 Å². The summed E-state index contributed by atoms with van der Waals surface area (Å²) in [5, 5.41) is 31.8. The number of rotatable bonds is 4. The summed E-state index contributed by atoms with van der Waals surface area (Å²) >= 11 is 0. The van der Waals surface area contributed by atoms with Gasteiger partial charge in [-0.05, 0) is 32.4 Å². The first-order chi connectivity index (χ1) is 14.8. The second-order valence-electron chi connectivity index (χ2n) is 9.50. The van der Waals surface area contributed by atoms with Crippen molar-refractivity contribution in [2.24, 2.45) is 0 Å². The van der Waals surface area contributed by atoms with Gasteiger partial charge >= 0.3 is 0 Å². The van der Waals surface area contributed by atoms with E-state index < -0.39 is 22.5 Å². The molecule has 3 aromatic rings. The Morgan fingerprint density at radius 1 is 1.12 bits per heavy atom. The zero-order valence-corrected chi connectivity index (χ0v) is 19.1. The summed E-state index contributed by atoms with van der Waals surface area (Å²) in [5.74, 6) is -0.0504. The highest BCUT2D eigenvalue weighted by molar-refractivity contribution is 6.00. The number of hydrogen-bond donors (Lipinski definition) is 3. The van der Waals surface area contributed by atoms with Crippen molar-refractivity contribution in [2.45, 2.75) is 58.2 Å². The number of aliphatic hydroxyl groups excluding tert-OH is 1. The molecule has 0 unspecified atom stereocenters. The Balaban J connectivity index is 2.19. The molecule has 1 aromatic heterocycles. The van der Waals surface area contributed by atoms with Crippen LogP contribution in [0, 0.1) is 0 Å². The van der Waals surface area contributed by atoms with Gasteiger partial charge in [0.25, 0.3) is 0 Å². The highest BCUT2D eigenvalue weighted by Gasteiger charge is 2.50. The molecule has 7 nitrogen and oxygen atoms in total. The van der Waals surface area contributed by atoms with Crippen molar-refractivity contribution in [1.82, 2.24) is 0 Å². The van der Waals surface area contributed by atoms with Gasteiger partial charge in [-0.2, -0.15) is 0 Å². The quantitative estimate of drug-likeness (QED) is 0.410. The molecule has 7 heteroatoms. The van der Waals surface area contributed by atoms with Crippen LogP contribution in [0.2, 0.25) is 0 Å². The SMILES string of the molecule is C=C(C)[C@@H](O)Cc1cc(O)c(OC)c2oc3c4c(cc(O)c3c(=O)c12)OC(C)(C)C4(C)C. The number of phenols is 2. The molecule has 0 saturated heterocycles. The zero-order chi connectivity index (χ0) is 23.7. The third-order valence-corrected chi connectivity index (χ3v) is 6.86. The first-order valence-corrected chi connectivity index (χ1v) is 10.4. The van der Waals surface area contributed by atoms with E-state index in [4.69, 9.17) is 13.9 Å². The number of methoxy groups -OCH3 is 1. The summed E-state index contributed by atoms with van der Waals surface area (Å²) in [6, 6.07) is 2.81. The Hall–Kier alpha value is -3.19. The van der Waals surface area contributed by atoms with Gasteiger partial charge in [-0.25, -0.2) is 0 Å². The summed E-state index contributed by atoms with van der Waals surface area (Å²) in [6.45, 7) is 13.2. The van der Waals surface area contributed by atoms with Crippen LogP contribution in [0.25, 0.3) is 21.9 Å². The Labute approximate surface area is 185 Å². The molecule has 0 fully saturated rings. The molecule has 2 heterocycles. The zero-order valence-electron chi connectivity index (χ0n) is 19.1. The van der Waals surface area contributed by atoms with Gasteiger partial charge in [-0.1, -0.05) is 26.0 Å². The first-order valence-electron chi connectivity index (χ1n) is 10.4. The molecule has 3 N–H and O–H groups in total. The van der Waals surface area contributed by atoms with Crippen molar-refractivity contribution < 1.29 is 29.2 Å². The van der Waals surface area contributed by atoms with Crippen molar-refractivity contribution in [2.75, 3.05) is 7.11 Å². The molecule has 32 heavy (non-hydrogen) atoms. The second kappa shape index (κ2) is 6.90. The first kappa shape index (κ1) is 22.0. The molecule has 170 valence electrons. The number of hydrogen-bond acceptors (Lipinski definition) is 7. The second-order valence-corrected chi connectivity index (χ2v) is 9.50. The highest BCUT2D eigenvalue weighted by atomic mass is 16.5. The lowest BCUT2D eigenvalue weighted by Crippen LogP contribution is -2.42. The molecule has 1 atom stereocenters. The van der Waals surface area contributed by atoms with E-state index in [0.29, 0.717) is 22.4 Å². The average Bonchev–Trinajstić information content (AvgIpc) is 2.84. The molecule has 0 aliphatic carbocycles. The largest absolute Gasteiger partial charge is 0.507 e. The van der Waals surface area contributed by atoms with Crippen LogP contribution >= 0.6 is 0 Å². The van der Waals surface area contributed by atoms with Crippen molar-refractivity contribution in [3.05, 3.63) is 45.6 Å². The van der Waals surface area contributed by atoms with Crippen molar-refractivity contribution >= 4 is 21.9 Å². The number of aliphatic hydroxyl groups is 1. The topological polar surface area (TPSA) is 109 Å². The van der Waals surface area contributed by atoms with E-state index in [9.17, 15) is 20.1 Å². The fraction of sp³-hybridized carbons (Fsp3) is 0.400. The summed E-state index contributed by atoms with van der Waals surface area (Å²) in [4.78, 5) is 13.7. The molecule has 0 radical (unpaired) electrons. The van der Waals surface area contributed by atoms with Crippen molar-refractivity contribution in [1.29, 1.82) is 0 Å². The van der Waals surface area contributed by atoms with E-state index in [0.717, 1.165) is 0 Å². The highest BCUT2D eigenvalue weighted by Crippen LogP contribution is 2.54. The fourth-order valence-corrected chi connectivity index (χ4v) is 4.31. The minimum absolute atomic E-state index is 0.000592. The Bertz CT molecular complexity index is 1340. The summed E-state index contributed by atoms with van der Waals surface area (Å²) in [7, 11) is 1.37. The average molecular weight is 440 g/mol. The van der Waals surface area contributed by atoms with Gasteiger partial charge in [-0.3, -0.25) is 4.79 Å². The maximum absolute atomic E-state index is 13.7. The molecule has 0 bridgehead atoms. The van der Waals surface area contributed by atoms with E-state index in [1.54, 1.807) is 6.92 Å². The van der Waals surface area contributed by atoms with E-state index in [-0.39, 0.29) is 45.6 Å². The van der Waals surface area contributed by atoms with Crippen LogP contribution in [0.4, 0.5) is 0 Å². The molecule has 1 aliphatic rings. The number of benzene rings is 2. The van der Waals surface area contributed by atoms with E-state index in [2.05, 4.69) is 6.58 Å². The minimum atomic E-state index is -0.928. The molecule has 0 spiro atoms. The minimum Gasteiger partial charge on any atom is -0.507 e. The van der Waals surface area contributed by atoms with Crippen molar-refractivity contribution in [3.8, 4) is 23.0 Å². The lowest BCUT2D eigenvalue weighted by molar-refractivity contribution is 0.0712. The van der Waals surface area contributed by atoms with Gasteiger partial charge in [-0.15, -0.1) is 0 Å². The fourth-order valence-electron chi connectivity index (χ4n) is 4.31. The Kier molecular flexibility index (Phi) is 4.75. The molecular formula is C25H28O7. The summed E-state index contributed by atoms with van der Waals surface area (Å²) < 4.78 is 17.7. The maximum atomic E-state index is 13.7. The number of ether oxygens (including phenoxy) is 2. The van der Waals surface area contributed by atoms with Crippen LogP contribution in [0.5, 0.6) is 23.0 Å². The number of fused-ring (bicyclic) bond motifs is 4. The van der Waals surface area contributed by atoms with Gasteiger partial charge in [0.05, 0.1) is 18.6 Å². The lowest BCUT2D eigenvalue weighted by Gasteiger charge is -2.33. The third-order valence-electron chi connectivity index (χ3n) is 6.86.